The first kappa shape index (κ1) is 18.9. The summed E-state index contributed by atoms with van der Waals surface area (Å²) in [5, 5.41) is 2.78. The maximum Gasteiger partial charge on any atom is 0.262 e. The van der Waals surface area contributed by atoms with E-state index in [1.54, 1.807) is 4.90 Å². The quantitative estimate of drug-likeness (QED) is 0.891. The number of nitrogens with one attached hydrogen (secondary N) is 1. The van der Waals surface area contributed by atoms with Crippen molar-refractivity contribution in [2.24, 2.45) is 5.41 Å². The van der Waals surface area contributed by atoms with E-state index in [1.165, 1.54) is 24.3 Å². The number of halogens is 1. The SMILES string of the molecule is CC(C)(C)C(=O)N1CCc2ccc(NC(=O)COc3ccc(F)cc3)cc21. The first-order valence-electron chi connectivity index (χ1n) is 8.87. The third-order valence-electron chi connectivity index (χ3n) is 4.33. The van der Waals surface area contributed by atoms with Crippen molar-refractivity contribution in [3.8, 4) is 5.75 Å². The average Bonchev–Trinajstić information content (AvgIpc) is 3.03. The van der Waals surface area contributed by atoms with Crippen LogP contribution in [0.15, 0.2) is 42.5 Å². The Morgan fingerprint density at radius 3 is 2.52 bits per heavy atom. The van der Waals surface area contributed by atoms with Gasteiger partial charge in [-0.2, -0.15) is 0 Å². The van der Waals surface area contributed by atoms with E-state index < -0.39 is 5.41 Å². The number of nitrogens with zero attached hydrogens (tertiary/aromatic N) is 1. The molecule has 27 heavy (non-hydrogen) atoms. The maximum atomic E-state index is 12.9. The van der Waals surface area contributed by atoms with Gasteiger partial charge in [-0.25, -0.2) is 4.39 Å². The molecule has 2 aromatic carbocycles. The lowest BCUT2D eigenvalue weighted by atomic mass is 9.94. The molecule has 5 nitrogen and oxygen atoms in total. The molecular formula is C21H23FN2O3. The Kier molecular flexibility index (Phi) is 5.17. The van der Waals surface area contributed by atoms with Crippen molar-refractivity contribution in [1.29, 1.82) is 0 Å². The van der Waals surface area contributed by atoms with E-state index in [0.29, 0.717) is 18.0 Å². The third kappa shape index (κ3) is 4.45. The highest BCUT2D eigenvalue weighted by Gasteiger charge is 2.32. The van der Waals surface area contributed by atoms with E-state index >= 15 is 0 Å². The second-order valence-electron chi connectivity index (χ2n) is 7.59. The van der Waals surface area contributed by atoms with Gasteiger partial charge in [0.2, 0.25) is 5.91 Å². The van der Waals surface area contributed by atoms with Gasteiger partial charge in [-0.3, -0.25) is 9.59 Å². The van der Waals surface area contributed by atoms with Gasteiger partial charge in [-0.15, -0.1) is 0 Å². The summed E-state index contributed by atoms with van der Waals surface area (Å²) in [5.74, 6) is -0.211. The average molecular weight is 370 g/mol. The summed E-state index contributed by atoms with van der Waals surface area (Å²) < 4.78 is 18.2. The third-order valence-corrected chi connectivity index (χ3v) is 4.33. The van der Waals surface area contributed by atoms with Crippen LogP contribution in [0.3, 0.4) is 0 Å². The molecule has 3 rings (SSSR count). The molecule has 1 aliphatic heterocycles. The van der Waals surface area contributed by atoms with Crippen molar-refractivity contribution in [1.82, 2.24) is 0 Å². The number of rotatable bonds is 4. The Balaban J connectivity index is 1.65. The van der Waals surface area contributed by atoms with Gasteiger partial charge in [0, 0.05) is 23.3 Å². The molecule has 2 aromatic rings. The minimum atomic E-state index is -0.468. The second-order valence-corrected chi connectivity index (χ2v) is 7.59. The number of ether oxygens (including phenoxy) is 1. The highest BCUT2D eigenvalue weighted by molar-refractivity contribution is 6.00. The van der Waals surface area contributed by atoms with Crippen molar-refractivity contribution in [3.63, 3.8) is 0 Å². The van der Waals surface area contributed by atoms with E-state index in [-0.39, 0.29) is 24.2 Å². The molecule has 2 amide bonds. The van der Waals surface area contributed by atoms with E-state index in [4.69, 9.17) is 4.74 Å². The molecule has 142 valence electrons. The van der Waals surface area contributed by atoms with Crippen LogP contribution in [0.25, 0.3) is 0 Å². The fraction of sp³-hybridized carbons (Fsp3) is 0.333. The van der Waals surface area contributed by atoms with Gasteiger partial charge in [0.25, 0.3) is 5.91 Å². The largest absolute Gasteiger partial charge is 0.484 e. The molecule has 0 aliphatic carbocycles. The normalized spacial score (nSPS) is 13.3. The van der Waals surface area contributed by atoms with Gasteiger partial charge in [0.05, 0.1) is 0 Å². The lowest BCUT2D eigenvalue weighted by Gasteiger charge is -2.26. The molecule has 0 spiro atoms. The molecule has 1 N–H and O–H groups in total. The van der Waals surface area contributed by atoms with Crippen molar-refractivity contribution < 1.29 is 18.7 Å². The summed E-state index contributed by atoms with van der Waals surface area (Å²) in [6.07, 6.45) is 0.805. The van der Waals surface area contributed by atoms with Crippen LogP contribution in [0.1, 0.15) is 26.3 Å². The Morgan fingerprint density at radius 2 is 1.85 bits per heavy atom. The molecule has 0 saturated heterocycles. The number of hydrogen-bond donors (Lipinski definition) is 1. The Bertz CT molecular complexity index is 857. The zero-order chi connectivity index (χ0) is 19.6. The molecule has 1 heterocycles. The smallest absolute Gasteiger partial charge is 0.262 e. The summed E-state index contributed by atoms with van der Waals surface area (Å²) in [5.41, 5.74) is 2.07. The van der Waals surface area contributed by atoms with Crippen molar-refractivity contribution >= 4 is 23.2 Å². The van der Waals surface area contributed by atoms with Crippen LogP contribution in [-0.2, 0) is 16.0 Å². The fourth-order valence-corrected chi connectivity index (χ4v) is 2.95. The molecule has 0 aromatic heterocycles. The van der Waals surface area contributed by atoms with Gasteiger partial charge < -0.3 is 15.0 Å². The number of carbonyl (C=O) groups excluding carboxylic acids is 2. The van der Waals surface area contributed by atoms with Gasteiger partial charge in [-0.05, 0) is 48.4 Å². The van der Waals surface area contributed by atoms with Crippen molar-refractivity contribution in [2.45, 2.75) is 27.2 Å². The molecule has 6 heteroatoms. The lowest BCUT2D eigenvalue weighted by Crippen LogP contribution is -2.38. The number of amides is 2. The summed E-state index contributed by atoms with van der Waals surface area (Å²) in [6.45, 7) is 6.15. The zero-order valence-electron chi connectivity index (χ0n) is 15.7. The Morgan fingerprint density at radius 1 is 1.15 bits per heavy atom. The second kappa shape index (κ2) is 7.39. The van der Waals surface area contributed by atoms with Crippen LogP contribution in [0, 0.1) is 11.2 Å². The van der Waals surface area contributed by atoms with Crippen LogP contribution in [0.4, 0.5) is 15.8 Å². The van der Waals surface area contributed by atoms with Gasteiger partial charge in [-0.1, -0.05) is 26.8 Å². The monoisotopic (exact) mass is 370 g/mol. The molecular weight excluding hydrogens is 347 g/mol. The summed E-state index contributed by atoms with van der Waals surface area (Å²) in [4.78, 5) is 26.6. The first-order chi connectivity index (χ1) is 12.7. The van der Waals surface area contributed by atoms with Crippen LogP contribution < -0.4 is 15.0 Å². The highest BCUT2D eigenvalue weighted by atomic mass is 19.1. The first-order valence-corrected chi connectivity index (χ1v) is 8.87. The van der Waals surface area contributed by atoms with Crippen molar-refractivity contribution in [2.75, 3.05) is 23.4 Å². The van der Waals surface area contributed by atoms with Gasteiger partial charge in [0.1, 0.15) is 11.6 Å². The van der Waals surface area contributed by atoms with E-state index in [2.05, 4.69) is 5.32 Å². The number of benzene rings is 2. The predicted molar refractivity (Wildman–Crippen MR) is 102 cm³/mol. The molecule has 1 aliphatic rings. The fourth-order valence-electron chi connectivity index (χ4n) is 2.95. The van der Waals surface area contributed by atoms with Crippen LogP contribution in [0.2, 0.25) is 0 Å². The van der Waals surface area contributed by atoms with Gasteiger partial charge in [0.15, 0.2) is 6.61 Å². The molecule has 0 fully saturated rings. The van der Waals surface area contributed by atoms with Crippen LogP contribution >= 0.6 is 0 Å². The lowest BCUT2D eigenvalue weighted by molar-refractivity contribution is -0.125. The van der Waals surface area contributed by atoms with Gasteiger partial charge >= 0.3 is 0 Å². The highest BCUT2D eigenvalue weighted by Crippen LogP contribution is 2.34. The summed E-state index contributed by atoms with van der Waals surface area (Å²) in [6, 6.07) is 11.0. The Labute approximate surface area is 158 Å². The van der Waals surface area contributed by atoms with E-state index in [1.807, 2.05) is 39.0 Å². The molecule has 0 saturated carbocycles. The molecule has 0 atom stereocenters. The van der Waals surface area contributed by atoms with Crippen LogP contribution in [-0.4, -0.2) is 25.0 Å². The molecule has 0 bridgehead atoms. The standard InChI is InChI=1S/C21H23FN2O3/c1-21(2,3)20(26)24-11-10-14-4-7-16(12-18(14)24)23-19(25)13-27-17-8-5-15(22)6-9-17/h4-9,12H,10-11,13H2,1-3H3,(H,23,25). The molecule has 0 radical (unpaired) electrons. The van der Waals surface area contributed by atoms with Crippen molar-refractivity contribution in [3.05, 3.63) is 53.8 Å². The van der Waals surface area contributed by atoms with E-state index in [0.717, 1.165) is 17.7 Å². The summed E-state index contributed by atoms with van der Waals surface area (Å²) >= 11 is 0. The number of anilines is 2. The minimum Gasteiger partial charge on any atom is -0.484 e. The predicted octanol–water partition coefficient (Wildman–Crippen LogP) is 3.78. The number of carbonyl (C=O) groups is 2. The zero-order valence-corrected chi connectivity index (χ0v) is 15.7. The number of fused-ring (bicyclic) bond motifs is 1. The van der Waals surface area contributed by atoms with E-state index in [9.17, 15) is 14.0 Å². The summed E-state index contributed by atoms with van der Waals surface area (Å²) in [7, 11) is 0. The topological polar surface area (TPSA) is 58.6 Å². The maximum absolute atomic E-state index is 12.9. The molecule has 0 unspecified atom stereocenters. The van der Waals surface area contributed by atoms with Crippen LogP contribution in [0.5, 0.6) is 5.75 Å². The Hall–Kier alpha value is -2.89. The number of hydrogen-bond acceptors (Lipinski definition) is 3. The minimum absolute atomic E-state index is 0.0596.